The molecule has 4 saturated carbocycles. The number of hydrogen-bond acceptors (Lipinski definition) is 36. The van der Waals surface area contributed by atoms with E-state index in [1.54, 1.807) is 0 Å². The maximum Gasteiger partial charge on any atom is 0.336 e. The van der Waals surface area contributed by atoms with E-state index in [1.807, 2.05) is 0 Å². The number of esters is 2. The molecule has 5 aliphatic carbocycles. The van der Waals surface area contributed by atoms with Gasteiger partial charge >= 0.3 is 11.9 Å². The molecule has 7 aliphatic heterocycles. The van der Waals surface area contributed by atoms with Crippen LogP contribution in [0.2, 0.25) is 0 Å². The zero-order valence-electron chi connectivity index (χ0n) is 66.0. The van der Waals surface area contributed by atoms with Gasteiger partial charge in [0.1, 0.15) is 141 Å². The molecule has 0 spiro atoms. The van der Waals surface area contributed by atoms with E-state index in [9.17, 15) is 102 Å². The number of rotatable bonds is 23. The summed E-state index contributed by atoms with van der Waals surface area (Å²) >= 11 is 0. The van der Waals surface area contributed by atoms with Crippen molar-refractivity contribution in [2.24, 2.45) is 50.2 Å². The fraction of sp³-hybridized carbons (Fsp3) is 0.897. The Kier molecular flexibility index (Phi) is 27.7. The third kappa shape index (κ3) is 17.1. The van der Waals surface area contributed by atoms with Gasteiger partial charge in [-0.05, 0) is 136 Å². The van der Waals surface area contributed by atoms with Crippen molar-refractivity contribution in [1.82, 2.24) is 0 Å². The van der Waals surface area contributed by atoms with E-state index in [-0.39, 0.29) is 46.5 Å². The number of hydrogen-bond donors (Lipinski definition) is 19. The first kappa shape index (κ1) is 90.1. The van der Waals surface area contributed by atoms with E-state index in [0.717, 1.165) is 18.4 Å². The largest absolute Gasteiger partial charge is 0.459 e. The van der Waals surface area contributed by atoms with Crippen LogP contribution < -0.4 is 0 Å². The molecule has 0 aromatic carbocycles. The van der Waals surface area contributed by atoms with Crippen LogP contribution in [-0.4, -0.2) is 357 Å². The first-order chi connectivity index (χ1) is 53.5. The summed E-state index contributed by atoms with van der Waals surface area (Å²) in [4.78, 5) is 29.7. The summed E-state index contributed by atoms with van der Waals surface area (Å²) in [6.45, 7) is 18.2. The normalized spacial score (nSPS) is 50.2. The van der Waals surface area contributed by atoms with E-state index in [4.69, 9.17) is 71.1 Å². The van der Waals surface area contributed by atoms with Gasteiger partial charge in [0, 0.05) is 0 Å². The van der Waals surface area contributed by atoms with Crippen molar-refractivity contribution in [2.75, 3.05) is 46.2 Å². The van der Waals surface area contributed by atoms with Gasteiger partial charge in [-0.2, -0.15) is 0 Å². The van der Waals surface area contributed by atoms with Crippen molar-refractivity contribution >= 4 is 11.9 Å². The molecule has 0 aromatic heterocycles. The lowest BCUT2D eigenvalue weighted by atomic mass is 9.33. The Bertz CT molecular complexity index is 3350. The van der Waals surface area contributed by atoms with Crippen LogP contribution in [0.3, 0.4) is 0 Å². The topological polar surface area (TPSA) is 557 Å². The van der Waals surface area contributed by atoms with Crippen molar-refractivity contribution in [3.05, 3.63) is 36.0 Å². The first-order valence-electron chi connectivity index (χ1n) is 40.1. The molecule has 1 unspecified atom stereocenters. The van der Waals surface area contributed by atoms with Crippen LogP contribution in [0.25, 0.3) is 0 Å². The molecular formula is C78H124O36. The minimum absolute atomic E-state index is 0.0255. The number of allylic oxidation sites excluding steroid dienone is 3. The van der Waals surface area contributed by atoms with E-state index in [1.165, 1.54) is 26.0 Å². The molecule has 0 aromatic rings. The highest BCUT2D eigenvalue weighted by Gasteiger charge is 2.71. The average Bonchev–Trinajstić information content (AvgIpc) is 0.673. The summed E-state index contributed by atoms with van der Waals surface area (Å²) in [5.41, 5.74) is -3.68. The number of fused-ring (bicyclic) bond motifs is 7. The average molecular weight is 1640 g/mol. The van der Waals surface area contributed by atoms with Crippen molar-refractivity contribution < 1.29 is 178 Å². The summed E-state index contributed by atoms with van der Waals surface area (Å²) < 4.78 is 89.5. The second-order valence-corrected chi connectivity index (χ2v) is 36.3. The standard InChI is InChI=1S/C78H124O36/c1-11-74(7,99)18-12-13-34(26-79)63(97)100-31-41-50(88)52(90)62(113-67-57(95)53(91)59(33(2)106-67)110-66-58(96)60(40(83)30-103-66)111-64-54(92)46(84)37(80)27-101-64)70(108-41)114-71(98)78-23-21-72(3,4)25-36(78)35-14-15-44-75(8)19-17-45(73(5,6)43(75)16-20-77(44,10)76(35,9)22-24-78)109-68-56(94)51(89)49(87)42(107-68)32-105-69-61(48(86)39(82)29-104-69)112-65-55(93)47(85)38(81)28-102-65/h11,13-14,33,36-62,64-70,79-96,99H,1,12,15-32H2,2-10H3/b34-13+/t33-,36-,37+,38+,39-,40+,41+,42+,43-,44+,45-,46-,47-,48-,49+,50+,51-,52-,53-,54+,55+,56+,57+,58+,59-,60-,61+,62+,64-,65-,66-,67-,68-,69-,70-,74?,75-,76+,77+,78-/m0/s1. The van der Waals surface area contributed by atoms with Crippen LogP contribution in [0.1, 0.15) is 139 Å². The summed E-state index contributed by atoms with van der Waals surface area (Å²) in [7, 11) is 0. The minimum Gasteiger partial charge on any atom is -0.459 e. The molecule has 12 rings (SSSR count). The molecule has 11 fully saturated rings. The lowest BCUT2D eigenvalue weighted by molar-refractivity contribution is -0.379. The van der Waals surface area contributed by atoms with Gasteiger partial charge in [0.25, 0.3) is 0 Å². The van der Waals surface area contributed by atoms with Gasteiger partial charge in [-0.3, -0.25) is 4.79 Å². The van der Waals surface area contributed by atoms with Gasteiger partial charge in [-0.25, -0.2) is 4.79 Å². The molecule has 0 amide bonds. The predicted octanol–water partition coefficient (Wildman–Crippen LogP) is -3.79. The molecule has 36 nitrogen and oxygen atoms in total. The third-order valence-electron chi connectivity index (χ3n) is 28.2. The van der Waals surface area contributed by atoms with Crippen molar-refractivity contribution in [3.63, 3.8) is 0 Å². The third-order valence-corrected chi connectivity index (χ3v) is 28.2. The predicted molar refractivity (Wildman–Crippen MR) is 384 cm³/mol. The molecule has 652 valence electrons. The van der Waals surface area contributed by atoms with Crippen LogP contribution in [0, 0.1) is 50.2 Å². The van der Waals surface area contributed by atoms with Gasteiger partial charge < -0.3 is 168 Å². The van der Waals surface area contributed by atoms with Crippen LogP contribution in [0.4, 0.5) is 0 Å². The molecule has 12 aliphatic rings. The minimum atomic E-state index is -2.08. The Balaban J connectivity index is 0.755. The van der Waals surface area contributed by atoms with E-state index in [2.05, 4.69) is 61.1 Å². The summed E-state index contributed by atoms with van der Waals surface area (Å²) in [5.74, 6) is -2.06. The molecule has 0 radical (unpaired) electrons. The van der Waals surface area contributed by atoms with Gasteiger partial charge in [0.05, 0.1) is 68.4 Å². The van der Waals surface area contributed by atoms with Gasteiger partial charge in [0.15, 0.2) is 43.8 Å². The molecule has 7 heterocycles. The smallest absolute Gasteiger partial charge is 0.336 e. The Morgan fingerprint density at radius 2 is 1.05 bits per heavy atom. The fourth-order valence-electron chi connectivity index (χ4n) is 20.8. The lowest BCUT2D eigenvalue weighted by Gasteiger charge is -2.71. The van der Waals surface area contributed by atoms with Gasteiger partial charge in [-0.1, -0.05) is 72.3 Å². The van der Waals surface area contributed by atoms with Crippen LogP contribution >= 0.6 is 0 Å². The maximum atomic E-state index is 16.1. The van der Waals surface area contributed by atoms with Gasteiger partial charge in [0.2, 0.25) is 6.29 Å². The summed E-state index contributed by atoms with van der Waals surface area (Å²) in [5, 5.41) is 209. The zero-order chi connectivity index (χ0) is 83.2. The molecular weight excluding hydrogens is 1510 g/mol. The monoisotopic (exact) mass is 1640 g/mol. The van der Waals surface area contributed by atoms with E-state index >= 15 is 4.79 Å². The summed E-state index contributed by atoms with van der Waals surface area (Å²) in [6.07, 6.45) is -42.0. The van der Waals surface area contributed by atoms with Crippen molar-refractivity contribution in [1.29, 1.82) is 0 Å². The number of aliphatic hydroxyl groups excluding tert-OH is 18. The van der Waals surface area contributed by atoms with Crippen LogP contribution in [0.15, 0.2) is 36.0 Å². The van der Waals surface area contributed by atoms with Crippen molar-refractivity contribution in [3.8, 4) is 0 Å². The Hall–Kier alpha value is -3.12. The van der Waals surface area contributed by atoms with Crippen LogP contribution in [0.5, 0.6) is 0 Å². The Morgan fingerprint density at radius 3 is 1.69 bits per heavy atom. The molecule has 36 heteroatoms. The summed E-state index contributed by atoms with van der Waals surface area (Å²) in [6, 6.07) is 0. The van der Waals surface area contributed by atoms with E-state index in [0.29, 0.717) is 51.4 Å². The first-order valence-corrected chi connectivity index (χ1v) is 40.1. The second kappa shape index (κ2) is 35.0. The highest BCUT2D eigenvalue weighted by Crippen LogP contribution is 2.76. The molecule has 114 heavy (non-hydrogen) atoms. The molecule has 0 bridgehead atoms. The van der Waals surface area contributed by atoms with Crippen molar-refractivity contribution in [2.45, 2.75) is 342 Å². The maximum absolute atomic E-state index is 16.1. The highest BCUT2D eigenvalue weighted by molar-refractivity contribution is 5.88. The highest BCUT2D eigenvalue weighted by atomic mass is 16.8. The fourth-order valence-corrected chi connectivity index (χ4v) is 20.8. The lowest BCUT2D eigenvalue weighted by Crippen LogP contribution is -2.67. The number of aliphatic hydroxyl groups is 19. The molecule has 7 saturated heterocycles. The Morgan fingerprint density at radius 1 is 0.535 bits per heavy atom. The number of ether oxygens (including phenoxy) is 15. The van der Waals surface area contributed by atoms with E-state index < -0.39 is 283 Å². The van der Waals surface area contributed by atoms with Gasteiger partial charge in [-0.15, -0.1) is 6.58 Å². The quantitative estimate of drug-likeness (QED) is 0.0202. The Labute approximate surface area is 661 Å². The second-order valence-electron chi connectivity index (χ2n) is 36.3. The molecule has 19 N–H and O–H groups in total. The number of carbonyl (C=O) groups is 2. The number of carbonyl (C=O) groups excluding carboxylic acids is 2. The van der Waals surface area contributed by atoms with Crippen LogP contribution in [-0.2, 0) is 80.6 Å². The zero-order valence-corrected chi connectivity index (χ0v) is 66.0. The SMILES string of the molecule is C=CC(C)(O)CC/C=C(\CO)C(=O)OC[C@H]1O[C@@H](OC(=O)[C@]23CCC(C)(C)C[C@H]2C2=CC[C@@H]4[C@@]5(C)CC[C@H](O[C@@H]6O[C@H](CO[C@@H]7OC[C@H](O)[C@H](O)[C@H]7O[C@@H]7OC[C@@H](O)[C@H](O)[C@H]7O)[C@@H](O)[C@H](O)[C@H]6O)C(C)(C)[C@@H]5CC[C@@]4(C)[C@]2(C)CC3)[C@H](O[C@@H]2O[C@@H](C)[C@H](O[C@@H]3OC[C@@H](O)[C@H](O[C@@H]4OC[C@@H](O)[C@H](O)[C@H]4O)[C@H]3O)[C@@H](O)[C@H]2O)[C@@H](O)[C@@H]1O. The molecule has 40 atom stereocenters.